The van der Waals surface area contributed by atoms with Gasteiger partial charge in [-0.3, -0.25) is 0 Å². The Morgan fingerprint density at radius 1 is 1.56 bits per heavy atom. The number of unbranched alkanes of at least 4 members (excludes halogenated alkanes) is 1. The van der Waals surface area contributed by atoms with Crippen LogP contribution in [0, 0.1) is 18.4 Å². The van der Waals surface area contributed by atoms with E-state index in [0.717, 1.165) is 6.54 Å². The fourth-order valence-corrected chi connectivity index (χ4v) is 1.16. The van der Waals surface area contributed by atoms with Gasteiger partial charge in [0.2, 0.25) is 0 Å². The summed E-state index contributed by atoms with van der Waals surface area (Å²) in [6.45, 7) is 5.50. The minimum absolute atomic E-state index is 1.15. The van der Waals surface area contributed by atoms with Gasteiger partial charge in [-0.1, -0.05) is 13.3 Å². The van der Waals surface area contributed by atoms with Gasteiger partial charge in [0.15, 0.2) is 12.4 Å². The third kappa shape index (κ3) is 7.43. The summed E-state index contributed by atoms with van der Waals surface area (Å²) in [7, 11) is 0. The summed E-state index contributed by atoms with van der Waals surface area (Å²) in [5.74, 6) is 0. The standard InChI is InChI=1S/C10H16N.C2N3/c1-3-4-7-11-8-5-6-10(2)9-11;3-1-5-2-4/h5-6,8-9H,3-4,7H2,1-2H3;/q+1;-1. The molecule has 0 saturated heterocycles. The van der Waals surface area contributed by atoms with E-state index in [9.17, 15) is 0 Å². The topological polar surface area (TPSA) is 62.3 Å². The van der Waals surface area contributed by atoms with Gasteiger partial charge in [0, 0.05) is 18.1 Å². The maximum atomic E-state index is 7.43. The van der Waals surface area contributed by atoms with Crippen molar-refractivity contribution in [3.8, 4) is 6.19 Å². The van der Waals surface area contributed by atoms with Crippen molar-refractivity contribution in [2.24, 2.45) is 4.99 Å². The van der Waals surface area contributed by atoms with Crippen LogP contribution in [-0.2, 0) is 6.54 Å². The molecule has 1 heterocycles. The quantitative estimate of drug-likeness (QED) is 0.434. The van der Waals surface area contributed by atoms with Gasteiger partial charge in [0.05, 0.1) is 6.19 Å². The van der Waals surface area contributed by atoms with E-state index in [4.69, 9.17) is 10.7 Å². The van der Waals surface area contributed by atoms with Crippen LogP contribution >= 0.6 is 0 Å². The van der Waals surface area contributed by atoms with Crippen LogP contribution < -0.4 is 4.57 Å². The first-order chi connectivity index (χ1) is 7.74. The van der Waals surface area contributed by atoms with Crippen molar-refractivity contribution in [3.05, 3.63) is 35.5 Å². The summed E-state index contributed by atoms with van der Waals surface area (Å²) >= 11 is 0. The molecule has 0 spiro atoms. The van der Waals surface area contributed by atoms with E-state index in [0.29, 0.717) is 0 Å². The number of rotatable bonds is 3. The number of aliphatic imine (C=N–C) groups is 1. The second-order valence-corrected chi connectivity index (χ2v) is 3.28. The molecule has 0 atom stereocenters. The molecule has 4 heteroatoms. The van der Waals surface area contributed by atoms with Crippen LogP contribution in [0.5, 0.6) is 0 Å². The minimum Gasteiger partial charge on any atom is -0.422 e. The molecule has 0 aliphatic rings. The Balaban J connectivity index is 0.000000385. The lowest BCUT2D eigenvalue weighted by Crippen LogP contribution is -2.32. The maximum Gasteiger partial charge on any atom is 0.171 e. The zero-order valence-electron chi connectivity index (χ0n) is 9.72. The highest BCUT2D eigenvalue weighted by molar-refractivity contribution is 5.46. The first-order valence-electron chi connectivity index (χ1n) is 5.18. The van der Waals surface area contributed by atoms with E-state index in [1.165, 1.54) is 30.6 Å². The first-order valence-corrected chi connectivity index (χ1v) is 5.18. The molecule has 0 bridgehead atoms. The van der Waals surface area contributed by atoms with Crippen LogP contribution in [0.1, 0.15) is 25.3 Å². The predicted molar refractivity (Wildman–Crippen MR) is 62.7 cm³/mol. The molecule has 0 aromatic carbocycles. The molecule has 1 aromatic heterocycles. The number of aryl methyl sites for hydroxylation is 2. The molecule has 0 unspecified atom stereocenters. The molecular weight excluding hydrogens is 200 g/mol. The summed E-state index contributed by atoms with van der Waals surface area (Å²) in [5, 5.41) is 14.9. The van der Waals surface area contributed by atoms with E-state index in [2.05, 4.69) is 47.9 Å². The van der Waals surface area contributed by atoms with E-state index in [1.54, 1.807) is 0 Å². The van der Waals surface area contributed by atoms with Crippen molar-refractivity contribution in [3.63, 3.8) is 0 Å². The Morgan fingerprint density at radius 3 is 2.75 bits per heavy atom. The second kappa shape index (κ2) is 9.57. The van der Waals surface area contributed by atoms with Gasteiger partial charge >= 0.3 is 0 Å². The van der Waals surface area contributed by atoms with Crippen molar-refractivity contribution in [2.45, 2.75) is 33.2 Å². The Morgan fingerprint density at radius 2 is 2.31 bits per heavy atom. The van der Waals surface area contributed by atoms with Crippen molar-refractivity contribution in [1.82, 2.24) is 0 Å². The number of pyridine rings is 1. The molecule has 0 N–H and O–H groups in total. The monoisotopic (exact) mass is 216 g/mol. The van der Waals surface area contributed by atoms with Gasteiger partial charge in [-0.2, -0.15) is 5.26 Å². The van der Waals surface area contributed by atoms with Crippen molar-refractivity contribution >= 4 is 6.01 Å². The number of nitriles is 1. The highest BCUT2D eigenvalue weighted by Gasteiger charge is 1.97. The lowest BCUT2D eigenvalue weighted by Gasteiger charge is -1.94. The average molecular weight is 216 g/mol. The van der Waals surface area contributed by atoms with Crippen LogP contribution in [0.15, 0.2) is 29.5 Å². The molecule has 1 aromatic rings. The van der Waals surface area contributed by atoms with Gasteiger partial charge in [-0.25, -0.2) is 4.57 Å². The molecule has 0 saturated carbocycles. The fraction of sp³-hybridized carbons (Fsp3) is 0.417. The third-order valence-electron chi connectivity index (χ3n) is 1.88. The zero-order chi connectivity index (χ0) is 12.2. The number of hydrogen-bond donors (Lipinski definition) is 0. The maximum absolute atomic E-state index is 7.43. The van der Waals surface area contributed by atoms with Crippen molar-refractivity contribution in [1.29, 1.82) is 5.26 Å². The second-order valence-electron chi connectivity index (χ2n) is 3.28. The molecule has 0 fully saturated rings. The number of aromatic nitrogens is 1. The van der Waals surface area contributed by atoms with Crippen LogP contribution in [0.3, 0.4) is 0 Å². The van der Waals surface area contributed by atoms with Crippen LogP contribution in [-0.4, -0.2) is 6.01 Å². The van der Waals surface area contributed by atoms with Crippen molar-refractivity contribution < 1.29 is 4.57 Å². The molecule has 0 aliphatic heterocycles. The highest BCUT2D eigenvalue weighted by Crippen LogP contribution is 1.91. The molecule has 0 amide bonds. The highest BCUT2D eigenvalue weighted by atomic mass is 14.9. The smallest absolute Gasteiger partial charge is 0.171 e. The average Bonchev–Trinajstić information content (AvgIpc) is 2.28. The normalized spacial score (nSPS) is 8.06. The molecule has 4 nitrogen and oxygen atoms in total. The predicted octanol–water partition coefficient (Wildman–Crippen LogP) is 2.29. The van der Waals surface area contributed by atoms with E-state index in [-0.39, 0.29) is 0 Å². The van der Waals surface area contributed by atoms with Gasteiger partial charge in [-0.15, -0.1) is 6.01 Å². The Hall–Kier alpha value is -1.98. The summed E-state index contributed by atoms with van der Waals surface area (Å²) in [4.78, 5) is 2.58. The molecule has 1 rings (SSSR count). The first kappa shape index (κ1) is 14.0. The molecule has 16 heavy (non-hydrogen) atoms. The SMILES string of the molecule is CCCC[n+]1cccc(C)c1.N#CN=C=[N-]. The third-order valence-corrected chi connectivity index (χ3v) is 1.88. The Kier molecular flexibility index (Phi) is 8.39. The molecule has 0 radical (unpaired) electrons. The summed E-state index contributed by atoms with van der Waals surface area (Å²) in [6, 6.07) is 5.51. The summed E-state index contributed by atoms with van der Waals surface area (Å²) < 4.78 is 2.25. The summed E-state index contributed by atoms with van der Waals surface area (Å²) in [5.41, 5.74) is 1.34. The molecule has 0 aliphatic carbocycles. The van der Waals surface area contributed by atoms with E-state index >= 15 is 0 Å². The van der Waals surface area contributed by atoms with Gasteiger partial charge in [0.25, 0.3) is 0 Å². The lowest BCUT2D eigenvalue weighted by molar-refractivity contribution is -0.697. The van der Waals surface area contributed by atoms with Gasteiger partial charge in [0.1, 0.15) is 6.54 Å². The largest absolute Gasteiger partial charge is 0.422 e. The number of nitrogens with zero attached hydrogens (tertiary/aromatic N) is 4. The number of hydrogen-bond acceptors (Lipinski definition) is 2. The molecular formula is C12H16N4. The Bertz CT molecular complexity index is 386. The van der Waals surface area contributed by atoms with Crippen molar-refractivity contribution in [2.75, 3.05) is 0 Å². The van der Waals surface area contributed by atoms with E-state index in [1.807, 2.05) is 0 Å². The molecule has 84 valence electrons. The van der Waals surface area contributed by atoms with Gasteiger partial charge in [-0.05, 0) is 13.0 Å². The van der Waals surface area contributed by atoms with Gasteiger partial charge < -0.3 is 10.4 Å². The lowest BCUT2D eigenvalue weighted by atomic mass is 10.3. The summed E-state index contributed by atoms with van der Waals surface area (Å²) in [6.07, 6.45) is 8.14. The minimum atomic E-state index is 1.15. The fourth-order valence-electron chi connectivity index (χ4n) is 1.16. The zero-order valence-corrected chi connectivity index (χ0v) is 9.72. The van der Waals surface area contributed by atoms with Crippen LogP contribution in [0.4, 0.5) is 0 Å². The van der Waals surface area contributed by atoms with Crippen LogP contribution in [0.25, 0.3) is 5.41 Å². The van der Waals surface area contributed by atoms with Crippen LogP contribution in [0.2, 0.25) is 0 Å². The van der Waals surface area contributed by atoms with E-state index < -0.39 is 0 Å². The Labute approximate surface area is 96.4 Å².